The maximum absolute atomic E-state index is 12.0. The van der Waals surface area contributed by atoms with Gasteiger partial charge in [0, 0.05) is 29.9 Å². The maximum atomic E-state index is 12.0. The number of methoxy groups -OCH3 is 1. The summed E-state index contributed by atoms with van der Waals surface area (Å²) in [6.45, 7) is 2.39. The summed E-state index contributed by atoms with van der Waals surface area (Å²) in [5.41, 5.74) is 2.75. The third-order valence-electron chi connectivity index (χ3n) is 3.98. The van der Waals surface area contributed by atoms with Crippen LogP contribution in [0.3, 0.4) is 0 Å². The Bertz CT molecular complexity index is 996. The molecule has 2 N–H and O–H groups in total. The number of nitrogens with zero attached hydrogens (tertiary/aromatic N) is 1. The highest BCUT2D eigenvalue weighted by Crippen LogP contribution is 2.34. The van der Waals surface area contributed by atoms with E-state index in [0.29, 0.717) is 17.7 Å². The molecular weight excluding hydrogens is 350 g/mol. The van der Waals surface area contributed by atoms with Gasteiger partial charge in [-0.05, 0) is 36.8 Å². The Labute approximate surface area is 155 Å². The van der Waals surface area contributed by atoms with E-state index in [0.717, 1.165) is 11.3 Å². The summed E-state index contributed by atoms with van der Waals surface area (Å²) >= 11 is 0. The lowest BCUT2D eigenvalue weighted by Crippen LogP contribution is -2.04. The van der Waals surface area contributed by atoms with Crippen LogP contribution in [-0.4, -0.2) is 29.6 Å². The molecule has 0 atom stereocenters. The first-order valence-corrected chi connectivity index (χ1v) is 8.35. The molecule has 0 spiro atoms. The standard InChI is InChI=1S/C19H19N3O5/c1-3-27-19(23)16-10-14-15(7-8-17(22(24)25)18(14)21-16)20-13-6-4-5-12(9-13)11-26-2/h4-10,20-21H,3,11H2,1-2H3. The molecule has 0 radical (unpaired) electrons. The number of nitrogens with one attached hydrogen (secondary N) is 2. The Morgan fingerprint density at radius 1 is 1.26 bits per heavy atom. The summed E-state index contributed by atoms with van der Waals surface area (Å²) in [4.78, 5) is 25.7. The Morgan fingerprint density at radius 2 is 2.07 bits per heavy atom. The highest BCUT2D eigenvalue weighted by Gasteiger charge is 2.20. The molecule has 140 valence electrons. The second-order valence-corrected chi connectivity index (χ2v) is 5.84. The maximum Gasteiger partial charge on any atom is 0.354 e. The molecular formula is C19H19N3O5. The molecule has 8 heteroatoms. The fourth-order valence-electron chi connectivity index (χ4n) is 2.85. The summed E-state index contributed by atoms with van der Waals surface area (Å²) in [7, 11) is 1.62. The molecule has 27 heavy (non-hydrogen) atoms. The smallest absolute Gasteiger partial charge is 0.354 e. The molecule has 0 fully saturated rings. The number of carbonyl (C=O) groups is 1. The number of anilines is 2. The molecule has 3 aromatic rings. The van der Waals surface area contributed by atoms with Crippen LogP contribution in [0, 0.1) is 10.1 Å². The first kappa shape index (κ1) is 18.4. The van der Waals surface area contributed by atoms with Crippen molar-refractivity contribution in [1.82, 2.24) is 4.98 Å². The summed E-state index contributed by atoms with van der Waals surface area (Å²) in [5.74, 6) is -0.559. The van der Waals surface area contributed by atoms with Crippen molar-refractivity contribution in [2.24, 2.45) is 0 Å². The molecule has 0 unspecified atom stereocenters. The molecule has 0 saturated heterocycles. The van der Waals surface area contributed by atoms with Crippen LogP contribution in [0.2, 0.25) is 0 Å². The summed E-state index contributed by atoms with van der Waals surface area (Å²) < 4.78 is 10.1. The molecule has 0 aliphatic carbocycles. The quantitative estimate of drug-likeness (QED) is 0.368. The van der Waals surface area contributed by atoms with Crippen LogP contribution in [-0.2, 0) is 16.1 Å². The van der Waals surface area contributed by atoms with Crippen LogP contribution in [0.5, 0.6) is 0 Å². The Kier molecular flexibility index (Phi) is 5.37. The van der Waals surface area contributed by atoms with Crippen LogP contribution in [0.4, 0.5) is 17.1 Å². The van der Waals surface area contributed by atoms with Crippen LogP contribution in [0.1, 0.15) is 23.0 Å². The number of fused-ring (bicyclic) bond motifs is 1. The van der Waals surface area contributed by atoms with Gasteiger partial charge in [-0.3, -0.25) is 10.1 Å². The zero-order valence-electron chi connectivity index (χ0n) is 14.9. The topological polar surface area (TPSA) is 106 Å². The molecule has 1 aromatic heterocycles. The molecule has 1 heterocycles. The van der Waals surface area contributed by atoms with Crippen molar-refractivity contribution < 1.29 is 19.2 Å². The Balaban J connectivity index is 2.05. The minimum Gasteiger partial charge on any atom is -0.461 e. The lowest BCUT2D eigenvalue weighted by Gasteiger charge is -2.09. The number of rotatable bonds is 7. The van der Waals surface area contributed by atoms with Gasteiger partial charge in [-0.25, -0.2) is 4.79 Å². The number of ether oxygens (including phenoxy) is 2. The Hall–Kier alpha value is -3.39. The van der Waals surface area contributed by atoms with Gasteiger partial charge in [-0.15, -0.1) is 0 Å². The molecule has 0 bridgehead atoms. The molecule has 0 aliphatic heterocycles. The number of esters is 1. The number of hydrogen-bond acceptors (Lipinski definition) is 6. The predicted molar refractivity (Wildman–Crippen MR) is 101 cm³/mol. The largest absolute Gasteiger partial charge is 0.461 e. The van der Waals surface area contributed by atoms with Gasteiger partial charge >= 0.3 is 5.97 Å². The third-order valence-corrected chi connectivity index (χ3v) is 3.98. The van der Waals surface area contributed by atoms with Crippen LogP contribution < -0.4 is 5.32 Å². The first-order valence-electron chi connectivity index (χ1n) is 8.35. The first-order chi connectivity index (χ1) is 13.0. The van der Waals surface area contributed by atoms with E-state index in [1.165, 1.54) is 6.07 Å². The zero-order chi connectivity index (χ0) is 19.4. The molecule has 0 aliphatic rings. The van der Waals surface area contributed by atoms with Gasteiger partial charge in [0.2, 0.25) is 0 Å². The second-order valence-electron chi connectivity index (χ2n) is 5.84. The molecule has 8 nitrogen and oxygen atoms in total. The SMILES string of the molecule is CCOC(=O)c1cc2c(Nc3cccc(COC)c3)ccc([N+](=O)[O-])c2[nH]1. The molecule has 2 aromatic carbocycles. The van der Waals surface area contributed by atoms with Crippen molar-refractivity contribution in [2.45, 2.75) is 13.5 Å². The number of benzene rings is 2. The minimum atomic E-state index is -0.559. The van der Waals surface area contributed by atoms with Crippen molar-refractivity contribution in [1.29, 1.82) is 0 Å². The monoisotopic (exact) mass is 369 g/mol. The van der Waals surface area contributed by atoms with Crippen LogP contribution >= 0.6 is 0 Å². The van der Waals surface area contributed by atoms with Gasteiger partial charge in [-0.1, -0.05) is 12.1 Å². The fourth-order valence-corrected chi connectivity index (χ4v) is 2.85. The number of aromatic nitrogens is 1. The number of nitro benzene ring substituents is 1. The van der Waals surface area contributed by atoms with Gasteiger partial charge < -0.3 is 19.8 Å². The fraction of sp³-hybridized carbons (Fsp3) is 0.211. The van der Waals surface area contributed by atoms with E-state index < -0.39 is 10.9 Å². The van der Waals surface area contributed by atoms with E-state index in [1.54, 1.807) is 26.2 Å². The van der Waals surface area contributed by atoms with Crippen LogP contribution in [0.25, 0.3) is 10.9 Å². The van der Waals surface area contributed by atoms with E-state index in [2.05, 4.69) is 10.3 Å². The number of carbonyl (C=O) groups excluding carboxylic acids is 1. The van der Waals surface area contributed by atoms with Crippen molar-refractivity contribution >= 4 is 33.9 Å². The second kappa shape index (κ2) is 7.88. The minimum absolute atomic E-state index is 0.112. The average molecular weight is 369 g/mol. The summed E-state index contributed by atoms with van der Waals surface area (Å²) in [5, 5.41) is 15.1. The third kappa shape index (κ3) is 3.90. The lowest BCUT2D eigenvalue weighted by molar-refractivity contribution is -0.383. The van der Waals surface area contributed by atoms with E-state index in [-0.39, 0.29) is 23.5 Å². The highest BCUT2D eigenvalue weighted by atomic mass is 16.6. The Morgan fingerprint density at radius 3 is 2.78 bits per heavy atom. The highest BCUT2D eigenvalue weighted by molar-refractivity contribution is 6.04. The number of aromatic amines is 1. The van der Waals surface area contributed by atoms with Crippen molar-refractivity contribution in [3.05, 3.63) is 63.8 Å². The number of H-pyrrole nitrogens is 1. The number of hydrogen-bond donors (Lipinski definition) is 2. The van der Waals surface area contributed by atoms with Gasteiger partial charge in [-0.2, -0.15) is 0 Å². The van der Waals surface area contributed by atoms with Gasteiger partial charge in [0.1, 0.15) is 11.2 Å². The van der Waals surface area contributed by atoms with Crippen molar-refractivity contribution in [3.8, 4) is 0 Å². The average Bonchev–Trinajstić information content (AvgIpc) is 3.08. The summed E-state index contributed by atoms with van der Waals surface area (Å²) in [6, 6.07) is 12.2. The lowest BCUT2D eigenvalue weighted by atomic mass is 10.1. The van der Waals surface area contributed by atoms with E-state index in [1.807, 2.05) is 24.3 Å². The number of non-ortho nitro benzene ring substituents is 1. The van der Waals surface area contributed by atoms with Gasteiger partial charge in [0.15, 0.2) is 0 Å². The zero-order valence-corrected chi connectivity index (χ0v) is 14.9. The number of nitro groups is 1. The van der Waals surface area contributed by atoms with Gasteiger partial charge in [0.25, 0.3) is 5.69 Å². The van der Waals surface area contributed by atoms with Crippen LogP contribution in [0.15, 0.2) is 42.5 Å². The van der Waals surface area contributed by atoms with Crippen molar-refractivity contribution in [2.75, 3.05) is 19.0 Å². The van der Waals surface area contributed by atoms with Crippen molar-refractivity contribution in [3.63, 3.8) is 0 Å². The van der Waals surface area contributed by atoms with E-state index in [4.69, 9.17) is 9.47 Å². The van der Waals surface area contributed by atoms with E-state index in [9.17, 15) is 14.9 Å². The molecule has 3 rings (SSSR count). The normalized spacial score (nSPS) is 10.7. The predicted octanol–water partition coefficient (Wildman–Crippen LogP) is 4.14. The molecule has 0 amide bonds. The van der Waals surface area contributed by atoms with Gasteiger partial charge in [0.05, 0.1) is 18.1 Å². The summed E-state index contributed by atoms with van der Waals surface area (Å²) in [6.07, 6.45) is 0. The molecule has 0 saturated carbocycles. The van der Waals surface area contributed by atoms with E-state index >= 15 is 0 Å².